The van der Waals surface area contributed by atoms with E-state index in [-0.39, 0.29) is 18.1 Å². The summed E-state index contributed by atoms with van der Waals surface area (Å²) in [4.78, 5) is 13.4. The molecule has 3 rings (SSSR count). The number of ether oxygens (including phenoxy) is 1. The summed E-state index contributed by atoms with van der Waals surface area (Å²) in [6, 6.07) is 5.06. The molecule has 4 nitrogen and oxygen atoms in total. The van der Waals surface area contributed by atoms with Crippen molar-refractivity contribution < 1.29 is 18.3 Å². The minimum Gasteiger partial charge on any atom is -0.384 e. The van der Waals surface area contributed by atoms with Gasteiger partial charge < -0.3 is 14.5 Å². The lowest BCUT2D eigenvalue weighted by molar-refractivity contribution is -0.0918. The van der Waals surface area contributed by atoms with Crippen molar-refractivity contribution in [2.45, 2.75) is 51.0 Å². The highest BCUT2D eigenvalue weighted by atomic mass is 35.5. The third kappa shape index (κ3) is 4.65. The molecule has 1 aliphatic rings. The number of pyridine rings is 1. The molecule has 0 aromatic carbocycles. The van der Waals surface area contributed by atoms with Crippen molar-refractivity contribution in [3.63, 3.8) is 0 Å². The first-order chi connectivity index (χ1) is 13.8. The van der Waals surface area contributed by atoms with E-state index >= 15 is 0 Å². The van der Waals surface area contributed by atoms with Crippen LogP contribution in [0.3, 0.4) is 0 Å². The van der Waals surface area contributed by atoms with E-state index in [2.05, 4.69) is 5.32 Å². The smallest absolute Gasteiger partial charge is 0.250 e. The lowest BCUT2D eigenvalue weighted by Gasteiger charge is -2.35. The van der Waals surface area contributed by atoms with Crippen LogP contribution in [0.1, 0.15) is 48.7 Å². The molecule has 29 heavy (non-hydrogen) atoms. The molecular weight excluding hydrogens is 398 g/mol. The Bertz CT molecular complexity index is 868. The average molecular weight is 427 g/mol. The zero-order chi connectivity index (χ0) is 21.2. The molecule has 1 saturated carbocycles. The number of halogens is 3. The Morgan fingerprint density at radius 1 is 1.48 bits per heavy atom. The second-order valence-electron chi connectivity index (χ2n) is 8.11. The van der Waals surface area contributed by atoms with Gasteiger partial charge in [0.1, 0.15) is 0 Å². The van der Waals surface area contributed by atoms with Crippen LogP contribution in [-0.2, 0) is 11.2 Å². The standard InChI is InChI=1S/C22H29ClF2N2O2/c1-14-11-15(6-8-22(14,24)25)12-19(26-2)21(28)17-13-16(7-10-29-3)27-9-4-5-18(23)20(17)27/h4-5,9,13-15,19,26H,6-8,10-12H2,1-3H3. The van der Waals surface area contributed by atoms with Crippen molar-refractivity contribution in [2.24, 2.45) is 11.8 Å². The summed E-state index contributed by atoms with van der Waals surface area (Å²) in [6.07, 6.45) is 3.87. The van der Waals surface area contributed by atoms with E-state index in [0.29, 0.717) is 48.4 Å². The number of nitrogens with one attached hydrogen (secondary N) is 1. The second-order valence-corrected chi connectivity index (χ2v) is 8.52. The molecule has 0 bridgehead atoms. The van der Waals surface area contributed by atoms with Gasteiger partial charge in [-0.1, -0.05) is 18.5 Å². The van der Waals surface area contributed by atoms with Gasteiger partial charge in [-0.05, 0) is 50.4 Å². The first-order valence-corrected chi connectivity index (χ1v) is 10.5. The number of hydrogen-bond donors (Lipinski definition) is 1. The molecule has 0 aliphatic heterocycles. The molecule has 3 atom stereocenters. The normalized spacial score (nSPS) is 22.7. The summed E-state index contributed by atoms with van der Waals surface area (Å²) in [5.74, 6) is -3.20. The molecule has 0 radical (unpaired) electrons. The quantitative estimate of drug-likeness (QED) is 0.603. The van der Waals surface area contributed by atoms with E-state index in [9.17, 15) is 13.6 Å². The second kappa shape index (κ2) is 9.11. The molecule has 2 aromatic rings. The Morgan fingerprint density at radius 3 is 2.90 bits per heavy atom. The van der Waals surface area contributed by atoms with Gasteiger partial charge >= 0.3 is 0 Å². The number of fused-ring (bicyclic) bond motifs is 1. The van der Waals surface area contributed by atoms with Gasteiger partial charge in [0.05, 0.1) is 23.2 Å². The highest BCUT2D eigenvalue weighted by Crippen LogP contribution is 2.42. The summed E-state index contributed by atoms with van der Waals surface area (Å²) in [7, 11) is 3.38. The van der Waals surface area contributed by atoms with Crippen LogP contribution in [0.25, 0.3) is 5.52 Å². The van der Waals surface area contributed by atoms with Crippen LogP contribution in [0, 0.1) is 11.8 Å². The largest absolute Gasteiger partial charge is 0.384 e. The molecule has 0 spiro atoms. The Labute approximate surface area is 175 Å². The Hall–Kier alpha value is -1.50. The molecule has 2 heterocycles. The summed E-state index contributed by atoms with van der Waals surface area (Å²) in [6.45, 7) is 2.14. The lowest BCUT2D eigenvalue weighted by atomic mass is 9.76. The van der Waals surface area contributed by atoms with E-state index in [1.807, 2.05) is 22.7 Å². The van der Waals surface area contributed by atoms with Gasteiger partial charge in [0.15, 0.2) is 5.78 Å². The van der Waals surface area contributed by atoms with Gasteiger partial charge in [0.2, 0.25) is 0 Å². The molecule has 160 valence electrons. The van der Waals surface area contributed by atoms with Crippen molar-refractivity contribution in [1.29, 1.82) is 0 Å². The van der Waals surface area contributed by atoms with Crippen molar-refractivity contribution in [2.75, 3.05) is 20.8 Å². The maximum atomic E-state index is 13.8. The Balaban J connectivity index is 1.85. The molecule has 0 amide bonds. The van der Waals surface area contributed by atoms with Gasteiger partial charge in [-0.3, -0.25) is 4.79 Å². The third-order valence-electron chi connectivity index (χ3n) is 6.18. The van der Waals surface area contributed by atoms with E-state index in [1.54, 1.807) is 27.1 Å². The average Bonchev–Trinajstić information content (AvgIpc) is 3.07. The van der Waals surface area contributed by atoms with Crippen molar-refractivity contribution in [1.82, 2.24) is 9.72 Å². The fourth-order valence-corrected chi connectivity index (χ4v) is 4.66. The molecule has 1 fully saturated rings. The minimum atomic E-state index is -2.60. The van der Waals surface area contributed by atoms with Crippen LogP contribution in [0.5, 0.6) is 0 Å². The SMILES string of the molecule is CNC(CC1CCC(F)(F)C(C)C1)C(=O)c1cc(CCOC)n2cccc(Cl)c12. The van der Waals surface area contributed by atoms with E-state index < -0.39 is 17.9 Å². The fourth-order valence-electron chi connectivity index (χ4n) is 4.40. The Morgan fingerprint density at radius 2 is 2.24 bits per heavy atom. The van der Waals surface area contributed by atoms with Gasteiger partial charge in [-0.25, -0.2) is 8.78 Å². The number of alkyl halides is 2. The van der Waals surface area contributed by atoms with Crippen LogP contribution in [0.15, 0.2) is 24.4 Å². The zero-order valence-electron chi connectivity index (χ0n) is 17.2. The number of nitrogens with zero attached hydrogens (tertiary/aromatic N) is 1. The van der Waals surface area contributed by atoms with E-state index in [0.717, 1.165) is 5.69 Å². The van der Waals surface area contributed by atoms with Crippen LogP contribution < -0.4 is 5.32 Å². The minimum absolute atomic E-state index is 0.0493. The molecule has 1 N–H and O–H groups in total. The summed E-state index contributed by atoms with van der Waals surface area (Å²) in [5.41, 5.74) is 2.21. The maximum Gasteiger partial charge on any atom is 0.250 e. The van der Waals surface area contributed by atoms with Gasteiger partial charge in [-0.15, -0.1) is 0 Å². The van der Waals surface area contributed by atoms with E-state index in [1.165, 1.54) is 0 Å². The number of hydrogen-bond acceptors (Lipinski definition) is 3. The first-order valence-electron chi connectivity index (χ1n) is 10.1. The maximum absolute atomic E-state index is 13.8. The monoisotopic (exact) mass is 426 g/mol. The van der Waals surface area contributed by atoms with Gasteiger partial charge in [0.25, 0.3) is 5.92 Å². The lowest BCUT2D eigenvalue weighted by Crippen LogP contribution is -2.39. The van der Waals surface area contributed by atoms with Crippen LogP contribution in [0.2, 0.25) is 5.02 Å². The van der Waals surface area contributed by atoms with Crippen LogP contribution >= 0.6 is 11.6 Å². The number of carbonyl (C=O) groups excluding carboxylic acids is 1. The van der Waals surface area contributed by atoms with Crippen LogP contribution in [-0.4, -0.2) is 42.9 Å². The van der Waals surface area contributed by atoms with Gasteiger partial charge in [0, 0.05) is 43.3 Å². The Kier molecular flexibility index (Phi) is 6.97. The summed E-state index contributed by atoms with van der Waals surface area (Å²) in [5, 5.41) is 3.62. The van der Waals surface area contributed by atoms with Crippen LogP contribution in [0.4, 0.5) is 8.78 Å². The number of ketones is 1. The molecule has 7 heteroatoms. The number of likely N-dealkylation sites (N-methyl/N-ethyl adjacent to an activating group) is 1. The predicted octanol–water partition coefficient (Wildman–Crippen LogP) is 5.01. The van der Waals surface area contributed by atoms with Gasteiger partial charge in [-0.2, -0.15) is 0 Å². The highest BCUT2D eigenvalue weighted by Gasteiger charge is 2.42. The zero-order valence-corrected chi connectivity index (χ0v) is 17.9. The first kappa shape index (κ1) is 22.2. The number of aromatic nitrogens is 1. The topological polar surface area (TPSA) is 42.7 Å². The summed E-state index contributed by atoms with van der Waals surface area (Å²) >= 11 is 6.44. The van der Waals surface area contributed by atoms with Crippen molar-refractivity contribution >= 4 is 22.9 Å². The molecule has 0 saturated heterocycles. The molecule has 1 aliphatic carbocycles. The number of methoxy groups -OCH3 is 1. The third-order valence-corrected chi connectivity index (χ3v) is 6.48. The number of carbonyl (C=O) groups is 1. The van der Waals surface area contributed by atoms with Crippen molar-refractivity contribution in [3.05, 3.63) is 40.7 Å². The fraction of sp³-hybridized carbons (Fsp3) is 0.591. The number of Topliss-reactive ketones (excluding diaryl/α,β-unsaturated/α-hetero) is 1. The summed E-state index contributed by atoms with van der Waals surface area (Å²) < 4.78 is 34.8. The predicted molar refractivity (Wildman–Crippen MR) is 111 cm³/mol. The highest BCUT2D eigenvalue weighted by molar-refractivity contribution is 6.35. The van der Waals surface area contributed by atoms with Crippen molar-refractivity contribution in [3.8, 4) is 0 Å². The molecular formula is C22H29ClF2N2O2. The molecule has 2 aromatic heterocycles. The number of rotatable bonds is 8. The van der Waals surface area contributed by atoms with E-state index in [4.69, 9.17) is 16.3 Å². The molecule has 3 unspecified atom stereocenters.